The number of carbonyl (C=O) groups excluding carboxylic acids is 1. The Bertz CT molecular complexity index is 594. The van der Waals surface area contributed by atoms with Crippen LogP contribution >= 0.6 is 11.6 Å². The van der Waals surface area contributed by atoms with Crippen molar-refractivity contribution in [1.82, 2.24) is 4.90 Å². The van der Waals surface area contributed by atoms with E-state index in [2.05, 4.69) is 0 Å². The Morgan fingerprint density at radius 1 is 1.29 bits per heavy atom. The first-order valence-corrected chi connectivity index (χ1v) is 8.48. The molecule has 1 amide bonds. The zero-order chi connectivity index (χ0) is 17.9. The van der Waals surface area contributed by atoms with Gasteiger partial charge in [0.2, 0.25) is 0 Å². The third kappa shape index (κ3) is 5.13. The molecule has 1 saturated heterocycles. The summed E-state index contributed by atoms with van der Waals surface area (Å²) in [6, 6.07) is 7.45. The van der Waals surface area contributed by atoms with E-state index in [9.17, 15) is 14.7 Å². The van der Waals surface area contributed by atoms with Crippen LogP contribution in [0.15, 0.2) is 24.3 Å². The molecular weight excluding hydrogens is 330 g/mol. The third-order valence-electron chi connectivity index (χ3n) is 4.14. The first-order valence-electron chi connectivity index (χ1n) is 8.11. The summed E-state index contributed by atoms with van der Waals surface area (Å²) in [5.41, 5.74) is 0.469. The van der Waals surface area contributed by atoms with E-state index in [0.29, 0.717) is 24.4 Å². The minimum Gasteiger partial charge on any atom is -0.481 e. The number of amides is 1. The maximum atomic E-state index is 12.2. The lowest BCUT2D eigenvalue weighted by atomic mass is 9.81. The number of rotatable bonds is 3. The Kier molecular flexibility index (Phi) is 5.75. The average molecular weight is 354 g/mol. The van der Waals surface area contributed by atoms with Gasteiger partial charge in [0.05, 0.1) is 5.92 Å². The molecule has 6 heteroatoms. The van der Waals surface area contributed by atoms with Crippen molar-refractivity contribution < 1.29 is 19.4 Å². The Morgan fingerprint density at radius 3 is 2.46 bits per heavy atom. The summed E-state index contributed by atoms with van der Waals surface area (Å²) in [5.74, 6) is -1.48. The summed E-state index contributed by atoms with van der Waals surface area (Å²) >= 11 is 5.89. The molecule has 0 bridgehead atoms. The molecule has 1 aliphatic heterocycles. The number of hydrogen-bond donors (Lipinski definition) is 1. The van der Waals surface area contributed by atoms with Crippen molar-refractivity contribution >= 4 is 23.7 Å². The molecule has 1 aromatic rings. The van der Waals surface area contributed by atoms with Gasteiger partial charge in [-0.05, 0) is 57.2 Å². The molecule has 1 heterocycles. The summed E-state index contributed by atoms with van der Waals surface area (Å²) in [6.07, 6.45) is 0.855. The van der Waals surface area contributed by atoms with Crippen molar-refractivity contribution in [3.05, 3.63) is 34.9 Å². The number of ether oxygens (including phenoxy) is 1. The van der Waals surface area contributed by atoms with Crippen molar-refractivity contribution in [3.8, 4) is 0 Å². The van der Waals surface area contributed by atoms with Crippen LogP contribution in [0.25, 0.3) is 0 Å². The van der Waals surface area contributed by atoms with Crippen LogP contribution in [-0.2, 0) is 16.0 Å². The minimum atomic E-state index is -0.873. The van der Waals surface area contributed by atoms with Crippen LogP contribution in [0.2, 0.25) is 5.02 Å². The monoisotopic (exact) mass is 353 g/mol. The summed E-state index contributed by atoms with van der Waals surface area (Å²) < 4.78 is 5.35. The number of benzene rings is 1. The van der Waals surface area contributed by atoms with E-state index in [1.165, 1.54) is 4.90 Å². The number of nitrogens with zero attached hydrogens (tertiary/aromatic N) is 1. The fraction of sp³-hybridized carbons (Fsp3) is 0.556. The van der Waals surface area contributed by atoms with Crippen LogP contribution in [0, 0.1) is 11.8 Å². The van der Waals surface area contributed by atoms with E-state index in [1.54, 1.807) is 20.8 Å². The topological polar surface area (TPSA) is 66.8 Å². The predicted octanol–water partition coefficient (Wildman–Crippen LogP) is 3.84. The van der Waals surface area contributed by atoms with E-state index in [-0.39, 0.29) is 12.5 Å². The standard InChI is InChI=1S/C18H24ClNO4/c1-18(2,3)24-17(23)20-9-8-13(15(11-20)16(21)22)10-12-4-6-14(19)7-5-12/h4-7,13,15H,8-11H2,1-3H3,(H,21,22)/t13-,15+/m1/s1. The van der Waals surface area contributed by atoms with Gasteiger partial charge >= 0.3 is 12.1 Å². The summed E-state index contributed by atoms with van der Waals surface area (Å²) in [5, 5.41) is 10.2. The van der Waals surface area contributed by atoms with Gasteiger partial charge in [-0.25, -0.2) is 4.79 Å². The number of carboxylic acids is 1. The molecule has 2 rings (SSSR count). The molecule has 1 fully saturated rings. The van der Waals surface area contributed by atoms with Crippen molar-refractivity contribution in [2.45, 2.75) is 39.2 Å². The van der Waals surface area contributed by atoms with Crippen LogP contribution in [0.1, 0.15) is 32.8 Å². The highest BCUT2D eigenvalue weighted by molar-refractivity contribution is 6.30. The third-order valence-corrected chi connectivity index (χ3v) is 4.39. The molecule has 5 nitrogen and oxygen atoms in total. The van der Waals surface area contributed by atoms with Gasteiger partial charge < -0.3 is 14.7 Å². The Hall–Kier alpha value is -1.75. The summed E-state index contributed by atoms with van der Waals surface area (Å²) in [7, 11) is 0. The molecule has 1 aromatic carbocycles. The quantitative estimate of drug-likeness (QED) is 0.896. The van der Waals surface area contributed by atoms with Crippen molar-refractivity contribution in [1.29, 1.82) is 0 Å². The van der Waals surface area contributed by atoms with Crippen LogP contribution in [0.4, 0.5) is 4.79 Å². The van der Waals surface area contributed by atoms with E-state index in [1.807, 2.05) is 24.3 Å². The second kappa shape index (κ2) is 7.43. The molecule has 0 radical (unpaired) electrons. The Balaban J connectivity index is 2.04. The highest BCUT2D eigenvalue weighted by Gasteiger charge is 2.37. The largest absolute Gasteiger partial charge is 0.481 e. The second-order valence-electron chi connectivity index (χ2n) is 7.25. The normalized spacial score (nSPS) is 21.4. The van der Waals surface area contributed by atoms with Gasteiger partial charge in [-0.1, -0.05) is 23.7 Å². The predicted molar refractivity (Wildman–Crippen MR) is 92.2 cm³/mol. The number of hydrogen-bond acceptors (Lipinski definition) is 3. The van der Waals surface area contributed by atoms with E-state index < -0.39 is 23.6 Å². The van der Waals surface area contributed by atoms with Crippen LogP contribution < -0.4 is 0 Å². The van der Waals surface area contributed by atoms with Crippen LogP contribution in [0.3, 0.4) is 0 Å². The van der Waals surface area contributed by atoms with Gasteiger partial charge in [0.1, 0.15) is 5.60 Å². The first kappa shape index (κ1) is 18.6. The van der Waals surface area contributed by atoms with Gasteiger partial charge in [-0.2, -0.15) is 0 Å². The number of likely N-dealkylation sites (tertiary alicyclic amines) is 1. The number of piperidine rings is 1. The van der Waals surface area contributed by atoms with Gasteiger partial charge in [0.25, 0.3) is 0 Å². The molecule has 0 unspecified atom stereocenters. The van der Waals surface area contributed by atoms with Crippen molar-refractivity contribution in [2.75, 3.05) is 13.1 Å². The van der Waals surface area contributed by atoms with Gasteiger partial charge in [0, 0.05) is 18.1 Å². The zero-order valence-electron chi connectivity index (χ0n) is 14.3. The maximum absolute atomic E-state index is 12.2. The summed E-state index contributed by atoms with van der Waals surface area (Å²) in [6.45, 7) is 6.09. The van der Waals surface area contributed by atoms with Gasteiger partial charge in [-0.3, -0.25) is 4.79 Å². The Morgan fingerprint density at radius 2 is 1.92 bits per heavy atom. The smallest absolute Gasteiger partial charge is 0.410 e. The van der Waals surface area contributed by atoms with Crippen LogP contribution in [0.5, 0.6) is 0 Å². The molecule has 0 aliphatic carbocycles. The highest BCUT2D eigenvalue weighted by Crippen LogP contribution is 2.29. The Labute approximate surface area is 147 Å². The molecule has 2 atom stereocenters. The number of aliphatic carboxylic acids is 1. The molecule has 24 heavy (non-hydrogen) atoms. The van der Waals surface area contributed by atoms with E-state index >= 15 is 0 Å². The van der Waals surface area contributed by atoms with Crippen molar-refractivity contribution in [2.24, 2.45) is 11.8 Å². The number of carbonyl (C=O) groups is 2. The molecule has 0 saturated carbocycles. The second-order valence-corrected chi connectivity index (χ2v) is 7.69. The minimum absolute atomic E-state index is 0.0117. The number of halogens is 1. The molecule has 1 N–H and O–H groups in total. The SMILES string of the molecule is CC(C)(C)OC(=O)N1CC[C@H](Cc2ccc(Cl)cc2)[C@@H](C(=O)O)C1. The summed E-state index contributed by atoms with van der Waals surface area (Å²) in [4.78, 5) is 25.3. The molecule has 0 aromatic heterocycles. The maximum Gasteiger partial charge on any atom is 0.410 e. The molecule has 1 aliphatic rings. The first-order chi connectivity index (χ1) is 11.2. The lowest BCUT2D eigenvalue weighted by Crippen LogP contribution is -2.48. The van der Waals surface area contributed by atoms with E-state index in [4.69, 9.17) is 16.3 Å². The number of carboxylic acid groups (broad SMARTS) is 1. The van der Waals surface area contributed by atoms with Crippen molar-refractivity contribution in [3.63, 3.8) is 0 Å². The fourth-order valence-corrected chi connectivity index (χ4v) is 3.07. The van der Waals surface area contributed by atoms with Gasteiger partial charge in [-0.15, -0.1) is 0 Å². The molecular formula is C18H24ClNO4. The fourth-order valence-electron chi connectivity index (χ4n) is 2.94. The molecule has 0 spiro atoms. The van der Waals surface area contributed by atoms with E-state index in [0.717, 1.165) is 5.56 Å². The van der Waals surface area contributed by atoms with Gasteiger partial charge in [0.15, 0.2) is 0 Å². The zero-order valence-corrected chi connectivity index (χ0v) is 15.0. The highest BCUT2D eigenvalue weighted by atomic mass is 35.5. The lowest BCUT2D eigenvalue weighted by Gasteiger charge is -2.37. The van der Waals surface area contributed by atoms with Crippen LogP contribution in [-0.4, -0.2) is 40.8 Å². The molecule has 132 valence electrons. The lowest BCUT2D eigenvalue weighted by molar-refractivity contribution is -0.145. The average Bonchev–Trinajstić information content (AvgIpc) is 2.48.